The summed E-state index contributed by atoms with van der Waals surface area (Å²) in [7, 11) is 0. The molecule has 0 bridgehead atoms. The Morgan fingerprint density at radius 2 is 1.73 bits per heavy atom. The van der Waals surface area contributed by atoms with Crippen LogP contribution in [0.25, 0.3) is 0 Å². The van der Waals surface area contributed by atoms with Gasteiger partial charge < -0.3 is 15.2 Å². The topological polar surface area (TPSA) is 112 Å². The first-order chi connectivity index (χ1) is 10.4. The zero-order valence-electron chi connectivity index (χ0n) is 10.9. The lowest BCUT2D eigenvalue weighted by molar-refractivity contribution is -0.385. The standard InChI is InChI=1S/C14H9BrN2O5/c15-8-4-6-9(7-5-8)16-13(18)12-10(14(19)20)2-1-3-11(12)17(21)22/h1-7H,(H,16,18)(H,19,20)/p-1. The molecule has 0 aliphatic heterocycles. The van der Waals surface area contributed by atoms with E-state index < -0.39 is 33.6 Å². The van der Waals surface area contributed by atoms with E-state index in [4.69, 9.17) is 0 Å². The van der Waals surface area contributed by atoms with Gasteiger partial charge in [-0.3, -0.25) is 14.9 Å². The van der Waals surface area contributed by atoms with Crippen LogP contribution < -0.4 is 10.4 Å². The number of anilines is 1. The average molecular weight is 364 g/mol. The van der Waals surface area contributed by atoms with Crippen LogP contribution >= 0.6 is 15.9 Å². The van der Waals surface area contributed by atoms with Crippen LogP contribution in [0.4, 0.5) is 11.4 Å². The minimum absolute atomic E-state index is 0.371. The van der Waals surface area contributed by atoms with Crippen molar-refractivity contribution < 1.29 is 19.6 Å². The smallest absolute Gasteiger partial charge is 0.282 e. The molecule has 0 aliphatic carbocycles. The number of benzene rings is 2. The van der Waals surface area contributed by atoms with Crippen molar-refractivity contribution in [2.75, 3.05) is 5.32 Å². The summed E-state index contributed by atoms with van der Waals surface area (Å²) in [5.41, 5.74) is -1.31. The van der Waals surface area contributed by atoms with Gasteiger partial charge in [0.2, 0.25) is 0 Å². The molecule has 7 nitrogen and oxygen atoms in total. The predicted octanol–water partition coefficient (Wildman–Crippen LogP) is 1.97. The van der Waals surface area contributed by atoms with Gasteiger partial charge in [0.15, 0.2) is 0 Å². The summed E-state index contributed by atoms with van der Waals surface area (Å²) in [4.78, 5) is 33.5. The zero-order valence-corrected chi connectivity index (χ0v) is 12.5. The van der Waals surface area contributed by atoms with Crippen molar-refractivity contribution >= 4 is 39.2 Å². The molecule has 0 unspecified atom stereocenters. The molecule has 0 saturated carbocycles. The number of amides is 1. The molecule has 0 aliphatic rings. The molecule has 0 aromatic heterocycles. The summed E-state index contributed by atoms with van der Waals surface area (Å²) in [5, 5.41) is 24.5. The molecular formula is C14H8BrN2O5-. The number of carbonyl (C=O) groups excluding carboxylic acids is 2. The molecule has 8 heteroatoms. The van der Waals surface area contributed by atoms with E-state index in [0.29, 0.717) is 5.69 Å². The zero-order chi connectivity index (χ0) is 16.3. The molecule has 2 aromatic carbocycles. The van der Waals surface area contributed by atoms with Gasteiger partial charge in [-0.05, 0) is 24.3 Å². The van der Waals surface area contributed by atoms with Gasteiger partial charge in [-0.25, -0.2) is 0 Å². The number of aromatic carboxylic acids is 1. The Balaban J connectivity index is 2.45. The highest BCUT2D eigenvalue weighted by Crippen LogP contribution is 2.24. The number of nitro groups is 1. The third-order valence-corrected chi connectivity index (χ3v) is 3.32. The maximum atomic E-state index is 12.2. The summed E-state index contributed by atoms with van der Waals surface area (Å²) >= 11 is 3.23. The van der Waals surface area contributed by atoms with Gasteiger partial charge in [-0.15, -0.1) is 0 Å². The quantitative estimate of drug-likeness (QED) is 0.658. The fraction of sp³-hybridized carbons (Fsp3) is 0. The van der Waals surface area contributed by atoms with E-state index in [1.54, 1.807) is 24.3 Å². The lowest BCUT2D eigenvalue weighted by Gasteiger charge is -2.11. The molecule has 1 amide bonds. The summed E-state index contributed by atoms with van der Waals surface area (Å²) in [6.45, 7) is 0. The van der Waals surface area contributed by atoms with Gasteiger partial charge in [0.1, 0.15) is 5.56 Å². The van der Waals surface area contributed by atoms with Gasteiger partial charge in [0, 0.05) is 21.8 Å². The molecule has 2 rings (SSSR count). The number of rotatable bonds is 4. The largest absolute Gasteiger partial charge is 0.545 e. The lowest BCUT2D eigenvalue weighted by Crippen LogP contribution is -2.27. The molecule has 22 heavy (non-hydrogen) atoms. The van der Waals surface area contributed by atoms with Crippen LogP contribution in [0.1, 0.15) is 20.7 Å². The number of carboxylic acids is 1. The Morgan fingerprint density at radius 1 is 1.09 bits per heavy atom. The van der Waals surface area contributed by atoms with Crippen molar-refractivity contribution in [3.63, 3.8) is 0 Å². The van der Waals surface area contributed by atoms with Gasteiger partial charge in [-0.1, -0.05) is 28.1 Å². The van der Waals surface area contributed by atoms with E-state index >= 15 is 0 Å². The van der Waals surface area contributed by atoms with Crippen LogP contribution in [-0.2, 0) is 0 Å². The molecule has 0 saturated heterocycles. The third-order valence-electron chi connectivity index (χ3n) is 2.79. The number of hydrogen-bond donors (Lipinski definition) is 1. The van der Waals surface area contributed by atoms with Crippen LogP contribution in [-0.4, -0.2) is 16.8 Å². The highest BCUT2D eigenvalue weighted by molar-refractivity contribution is 9.10. The minimum Gasteiger partial charge on any atom is -0.545 e. The Hall–Kier alpha value is -2.74. The van der Waals surface area contributed by atoms with Crippen LogP contribution in [0.15, 0.2) is 46.9 Å². The van der Waals surface area contributed by atoms with Crippen molar-refractivity contribution in [1.82, 2.24) is 0 Å². The minimum atomic E-state index is -1.66. The molecule has 0 fully saturated rings. The van der Waals surface area contributed by atoms with Crippen LogP contribution in [0.3, 0.4) is 0 Å². The Morgan fingerprint density at radius 3 is 2.27 bits per heavy atom. The third kappa shape index (κ3) is 3.29. The summed E-state index contributed by atoms with van der Waals surface area (Å²) < 4.78 is 0.784. The first-order valence-electron chi connectivity index (χ1n) is 5.96. The molecule has 0 spiro atoms. The van der Waals surface area contributed by atoms with E-state index in [-0.39, 0.29) is 0 Å². The molecule has 0 heterocycles. The fourth-order valence-electron chi connectivity index (χ4n) is 1.83. The van der Waals surface area contributed by atoms with E-state index in [2.05, 4.69) is 21.2 Å². The summed E-state index contributed by atoms with van der Waals surface area (Å²) in [6.07, 6.45) is 0. The highest BCUT2D eigenvalue weighted by Gasteiger charge is 2.24. The number of carbonyl (C=O) groups is 2. The number of nitrogens with one attached hydrogen (secondary N) is 1. The van der Waals surface area contributed by atoms with E-state index in [9.17, 15) is 24.8 Å². The number of carboxylic acid groups (broad SMARTS) is 1. The summed E-state index contributed by atoms with van der Waals surface area (Å²) in [5.74, 6) is -2.56. The molecule has 1 N–H and O–H groups in total. The molecule has 0 radical (unpaired) electrons. The summed E-state index contributed by atoms with van der Waals surface area (Å²) in [6, 6.07) is 9.77. The highest BCUT2D eigenvalue weighted by atomic mass is 79.9. The first kappa shape index (κ1) is 15.6. The Kier molecular flexibility index (Phi) is 4.52. The number of halogens is 1. The fourth-order valence-corrected chi connectivity index (χ4v) is 2.09. The first-order valence-corrected chi connectivity index (χ1v) is 6.75. The van der Waals surface area contributed by atoms with Crippen LogP contribution in [0.5, 0.6) is 0 Å². The van der Waals surface area contributed by atoms with Gasteiger partial charge >= 0.3 is 0 Å². The second kappa shape index (κ2) is 6.35. The van der Waals surface area contributed by atoms with Crippen molar-refractivity contribution in [3.8, 4) is 0 Å². The van der Waals surface area contributed by atoms with Gasteiger partial charge in [0.05, 0.1) is 10.9 Å². The molecule has 2 aromatic rings. The van der Waals surface area contributed by atoms with Gasteiger partial charge in [-0.2, -0.15) is 0 Å². The second-order valence-corrected chi connectivity index (χ2v) is 5.12. The second-order valence-electron chi connectivity index (χ2n) is 4.21. The van der Waals surface area contributed by atoms with E-state index in [1.807, 2.05) is 0 Å². The van der Waals surface area contributed by atoms with Crippen molar-refractivity contribution in [2.24, 2.45) is 0 Å². The van der Waals surface area contributed by atoms with Crippen LogP contribution in [0.2, 0.25) is 0 Å². The monoisotopic (exact) mass is 363 g/mol. The Bertz CT molecular complexity index is 726. The van der Waals surface area contributed by atoms with E-state index in [1.165, 1.54) is 6.07 Å². The van der Waals surface area contributed by atoms with Crippen molar-refractivity contribution in [3.05, 3.63) is 68.2 Å². The molecule has 112 valence electrons. The van der Waals surface area contributed by atoms with Crippen molar-refractivity contribution in [2.45, 2.75) is 0 Å². The number of nitro benzene ring substituents is 1. The molecular weight excluding hydrogens is 356 g/mol. The maximum Gasteiger partial charge on any atom is 0.282 e. The van der Waals surface area contributed by atoms with Crippen LogP contribution in [0, 0.1) is 10.1 Å². The number of nitrogens with zero attached hydrogens (tertiary/aromatic N) is 1. The molecule has 0 atom stereocenters. The normalized spacial score (nSPS) is 10.0. The maximum absolute atomic E-state index is 12.2. The Labute approximate surface area is 132 Å². The number of hydrogen-bond acceptors (Lipinski definition) is 5. The lowest BCUT2D eigenvalue weighted by atomic mass is 10.0. The van der Waals surface area contributed by atoms with Gasteiger partial charge in [0.25, 0.3) is 11.6 Å². The predicted molar refractivity (Wildman–Crippen MR) is 79.5 cm³/mol. The SMILES string of the molecule is O=C([O-])c1cccc([N+](=O)[O-])c1C(=O)Nc1ccc(Br)cc1. The van der Waals surface area contributed by atoms with E-state index in [0.717, 1.165) is 16.6 Å². The van der Waals surface area contributed by atoms with Crippen molar-refractivity contribution in [1.29, 1.82) is 0 Å². The average Bonchev–Trinajstić information content (AvgIpc) is 2.48.